The van der Waals surface area contributed by atoms with Gasteiger partial charge in [0.2, 0.25) is 0 Å². The van der Waals surface area contributed by atoms with E-state index in [0.29, 0.717) is 11.6 Å². The van der Waals surface area contributed by atoms with Crippen molar-refractivity contribution >= 4 is 29.1 Å². The van der Waals surface area contributed by atoms with Gasteiger partial charge in [0, 0.05) is 21.4 Å². The zero-order valence-corrected chi connectivity index (χ0v) is 13.2. The lowest BCUT2D eigenvalue weighted by atomic mass is 10.1. The molecule has 0 saturated heterocycles. The largest absolute Gasteiger partial charge is 0.493 e. The second-order valence-electron chi connectivity index (χ2n) is 4.70. The number of benzene rings is 2. The first kappa shape index (κ1) is 15.1. The van der Waals surface area contributed by atoms with Crippen molar-refractivity contribution in [2.75, 3.05) is 18.1 Å². The van der Waals surface area contributed by atoms with Gasteiger partial charge in [-0.05, 0) is 55.3 Å². The Kier molecular flexibility index (Phi) is 5.21. The Morgan fingerprint density at radius 3 is 2.50 bits per heavy atom. The number of nitrogen functional groups attached to an aromatic ring is 1. The highest BCUT2D eigenvalue weighted by atomic mass is 35.5. The molecule has 2 aromatic rings. The summed E-state index contributed by atoms with van der Waals surface area (Å²) >= 11 is 7.61. The molecular formula is C16H18ClNOS. The van der Waals surface area contributed by atoms with E-state index in [-0.39, 0.29) is 0 Å². The Hall–Kier alpha value is -1.32. The molecule has 0 saturated carbocycles. The van der Waals surface area contributed by atoms with Crippen LogP contribution in [0.2, 0.25) is 5.02 Å². The fraction of sp³-hybridized carbons (Fsp3) is 0.250. The standard InChI is InChI=1S/C16H18ClNOS/c1-11-7-12(2)9-14(8-11)19-5-6-20-16-10-13(17)3-4-15(16)18/h3-4,7-10H,5-6,18H2,1-2H3. The van der Waals surface area contributed by atoms with Crippen molar-refractivity contribution in [2.45, 2.75) is 18.7 Å². The topological polar surface area (TPSA) is 35.2 Å². The molecule has 106 valence electrons. The summed E-state index contributed by atoms with van der Waals surface area (Å²) in [5, 5.41) is 0.705. The molecule has 0 fully saturated rings. The van der Waals surface area contributed by atoms with Crippen molar-refractivity contribution in [3.05, 3.63) is 52.5 Å². The smallest absolute Gasteiger partial charge is 0.119 e. The van der Waals surface area contributed by atoms with Gasteiger partial charge in [-0.2, -0.15) is 0 Å². The fourth-order valence-corrected chi connectivity index (χ4v) is 3.03. The molecule has 0 unspecified atom stereocenters. The molecule has 0 aliphatic carbocycles. The van der Waals surface area contributed by atoms with E-state index < -0.39 is 0 Å². The van der Waals surface area contributed by atoms with E-state index >= 15 is 0 Å². The molecule has 0 atom stereocenters. The maximum absolute atomic E-state index is 5.96. The number of halogens is 1. The number of hydrogen-bond acceptors (Lipinski definition) is 3. The van der Waals surface area contributed by atoms with Gasteiger partial charge in [0.25, 0.3) is 0 Å². The van der Waals surface area contributed by atoms with Crippen LogP contribution in [-0.2, 0) is 0 Å². The number of hydrogen-bond donors (Lipinski definition) is 1. The van der Waals surface area contributed by atoms with E-state index in [9.17, 15) is 0 Å². The van der Waals surface area contributed by atoms with Gasteiger partial charge in [-0.15, -0.1) is 11.8 Å². The minimum atomic E-state index is 0.638. The van der Waals surface area contributed by atoms with E-state index in [1.165, 1.54) is 11.1 Å². The molecule has 20 heavy (non-hydrogen) atoms. The van der Waals surface area contributed by atoms with Crippen molar-refractivity contribution in [3.8, 4) is 5.75 Å². The summed E-state index contributed by atoms with van der Waals surface area (Å²) in [4.78, 5) is 1.00. The Morgan fingerprint density at radius 1 is 1.10 bits per heavy atom. The Bertz CT molecular complexity index is 581. The summed E-state index contributed by atoms with van der Waals surface area (Å²) in [5.41, 5.74) is 9.09. The van der Waals surface area contributed by atoms with E-state index in [0.717, 1.165) is 22.1 Å². The third kappa shape index (κ3) is 4.36. The van der Waals surface area contributed by atoms with Gasteiger partial charge in [-0.1, -0.05) is 17.7 Å². The molecule has 2 rings (SSSR count). The zero-order chi connectivity index (χ0) is 14.5. The lowest BCUT2D eigenvalue weighted by molar-refractivity contribution is 0.343. The number of nitrogens with two attached hydrogens (primary N) is 1. The number of aryl methyl sites for hydroxylation is 2. The summed E-state index contributed by atoms with van der Waals surface area (Å²) in [6.07, 6.45) is 0. The van der Waals surface area contributed by atoms with Crippen LogP contribution in [0.5, 0.6) is 5.75 Å². The van der Waals surface area contributed by atoms with Gasteiger partial charge in [-0.3, -0.25) is 0 Å². The van der Waals surface area contributed by atoms with Crippen LogP contribution in [0.15, 0.2) is 41.3 Å². The lowest BCUT2D eigenvalue weighted by Crippen LogP contribution is -2.01. The minimum Gasteiger partial charge on any atom is -0.493 e. The Morgan fingerprint density at radius 2 is 1.80 bits per heavy atom. The van der Waals surface area contributed by atoms with Gasteiger partial charge in [0.15, 0.2) is 0 Å². The van der Waals surface area contributed by atoms with Gasteiger partial charge in [0.05, 0.1) is 6.61 Å². The van der Waals surface area contributed by atoms with Crippen LogP contribution < -0.4 is 10.5 Å². The number of thioether (sulfide) groups is 1. The van der Waals surface area contributed by atoms with Gasteiger partial charge in [0.1, 0.15) is 5.75 Å². The first-order chi connectivity index (χ1) is 9.54. The molecule has 0 spiro atoms. The number of ether oxygens (including phenoxy) is 1. The van der Waals surface area contributed by atoms with Gasteiger partial charge in [-0.25, -0.2) is 0 Å². The highest BCUT2D eigenvalue weighted by Gasteiger charge is 2.02. The van der Waals surface area contributed by atoms with Crippen molar-refractivity contribution < 1.29 is 4.74 Å². The minimum absolute atomic E-state index is 0.638. The van der Waals surface area contributed by atoms with Crippen LogP contribution >= 0.6 is 23.4 Å². The highest BCUT2D eigenvalue weighted by molar-refractivity contribution is 7.99. The highest BCUT2D eigenvalue weighted by Crippen LogP contribution is 2.28. The average Bonchev–Trinajstić information content (AvgIpc) is 2.37. The maximum atomic E-state index is 5.96. The number of anilines is 1. The fourth-order valence-electron chi connectivity index (χ4n) is 1.96. The van der Waals surface area contributed by atoms with Crippen LogP contribution in [0.3, 0.4) is 0 Å². The zero-order valence-electron chi connectivity index (χ0n) is 11.7. The lowest BCUT2D eigenvalue weighted by Gasteiger charge is -2.09. The summed E-state index contributed by atoms with van der Waals surface area (Å²) in [5.74, 6) is 1.75. The molecule has 0 heterocycles. The Balaban J connectivity index is 1.86. The molecule has 2 aromatic carbocycles. The third-order valence-electron chi connectivity index (χ3n) is 2.78. The summed E-state index contributed by atoms with van der Waals surface area (Å²) in [7, 11) is 0. The molecule has 2 nitrogen and oxygen atoms in total. The molecule has 4 heteroatoms. The maximum Gasteiger partial charge on any atom is 0.119 e. The van der Waals surface area contributed by atoms with Gasteiger partial charge < -0.3 is 10.5 Å². The molecule has 0 aliphatic rings. The normalized spacial score (nSPS) is 10.6. The predicted octanol–water partition coefficient (Wildman–Crippen LogP) is 4.71. The first-order valence-electron chi connectivity index (χ1n) is 6.43. The van der Waals surface area contributed by atoms with E-state index in [2.05, 4.69) is 19.9 Å². The van der Waals surface area contributed by atoms with Crippen LogP contribution in [0.25, 0.3) is 0 Å². The van der Waals surface area contributed by atoms with Crippen LogP contribution in [-0.4, -0.2) is 12.4 Å². The van der Waals surface area contributed by atoms with Crippen molar-refractivity contribution in [3.63, 3.8) is 0 Å². The summed E-state index contributed by atoms with van der Waals surface area (Å²) in [6, 6.07) is 11.7. The van der Waals surface area contributed by atoms with E-state index in [4.69, 9.17) is 22.1 Å². The van der Waals surface area contributed by atoms with Crippen molar-refractivity contribution in [2.24, 2.45) is 0 Å². The molecule has 0 aliphatic heterocycles. The monoisotopic (exact) mass is 307 g/mol. The predicted molar refractivity (Wildman–Crippen MR) is 88.0 cm³/mol. The summed E-state index contributed by atoms with van der Waals surface area (Å²) in [6.45, 7) is 4.78. The average molecular weight is 308 g/mol. The van der Waals surface area contributed by atoms with Crippen LogP contribution in [0.1, 0.15) is 11.1 Å². The summed E-state index contributed by atoms with van der Waals surface area (Å²) < 4.78 is 5.76. The number of rotatable bonds is 5. The second-order valence-corrected chi connectivity index (χ2v) is 6.28. The van der Waals surface area contributed by atoms with E-state index in [1.54, 1.807) is 17.8 Å². The third-order valence-corrected chi connectivity index (χ3v) is 4.05. The molecule has 0 amide bonds. The Labute approximate surface area is 129 Å². The second kappa shape index (κ2) is 6.91. The SMILES string of the molecule is Cc1cc(C)cc(OCCSc2cc(Cl)ccc2N)c1. The molecule has 0 aromatic heterocycles. The molecular weight excluding hydrogens is 290 g/mol. The van der Waals surface area contributed by atoms with Crippen LogP contribution in [0, 0.1) is 13.8 Å². The first-order valence-corrected chi connectivity index (χ1v) is 7.80. The van der Waals surface area contributed by atoms with Gasteiger partial charge >= 0.3 is 0 Å². The van der Waals surface area contributed by atoms with Crippen LogP contribution in [0.4, 0.5) is 5.69 Å². The van der Waals surface area contributed by atoms with Crippen molar-refractivity contribution in [1.82, 2.24) is 0 Å². The quantitative estimate of drug-likeness (QED) is 0.493. The van der Waals surface area contributed by atoms with Crippen molar-refractivity contribution in [1.29, 1.82) is 0 Å². The molecule has 0 bridgehead atoms. The molecule has 0 radical (unpaired) electrons. The molecule has 2 N–H and O–H groups in total. The van der Waals surface area contributed by atoms with E-state index in [1.807, 2.05) is 24.3 Å².